The zero-order chi connectivity index (χ0) is 20.4. The fourth-order valence-electron chi connectivity index (χ4n) is 3.08. The number of rotatable bonds is 5. The van der Waals surface area contributed by atoms with Crippen LogP contribution in [0.1, 0.15) is 9.67 Å². The van der Waals surface area contributed by atoms with Crippen molar-refractivity contribution < 1.29 is 17.9 Å². The Bertz CT molecular complexity index is 1100. The Morgan fingerprint density at radius 1 is 1.17 bits per heavy atom. The summed E-state index contributed by atoms with van der Waals surface area (Å²) in [5.41, 5.74) is 0. The molecule has 0 bridgehead atoms. The molecule has 0 atom stereocenters. The molecule has 12 heteroatoms. The molecule has 1 aliphatic rings. The highest BCUT2D eigenvalue weighted by Gasteiger charge is 2.33. The third-order valence-corrected chi connectivity index (χ3v) is 7.52. The average Bonchev–Trinajstić information content (AvgIpc) is 3.46. The summed E-state index contributed by atoms with van der Waals surface area (Å²) in [6, 6.07) is 5.06. The molecule has 3 aromatic heterocycles. The Hall–Kier alpha value is -2.83. The van der Waals surface area contributed by atoms with Gasteiger partial charge >= 0.3 is 5.97 Å². The van der Waals surface area contributed by atoms with E-state index in [1.165, 1.54) is 23.8 Å². The molecule has 3 aromatic rings. The second-order valence-corrected chi connectivity index (χ2v) is 9.00. The number of hydrogen-bond acceptors (Lipinski definition) is 9. The minimum absolute atomic E-state index is 0.00851. The lowest BCUT2D eigenvalue weighted by Crippen LogP contribution is -2.49. The largest absolute Gasteiger partial charge is 0.465 e. The first-order valence-corrected chi connectivity index (χ1v) is 11.1. The molecule has 0 N–H and O–H groups in total. The molecule has 152 valence electrons. The molecule has 0 spiro atoms. The molecule has 4 rings (SSSR count). The summed E-state index contributed by atoms with van der Waals surface area (Å²) in [6.45, 7) is 1.48. The number of thiophene rings is 1. The van der Waals surface area contributed by atoms with E-state index in [-0.39, 0.29) is 22.9 Å². The predicted molar refractivity (Wildman–Crippen MR) is 106 cm³/mol. The number of sulfonamides is 1. The summed E-state index contributed by atoms with van der Waals surface area (Å²) < 4.78 is 33.7. The SMILES string of the molecule is COC(=O)c1sccc1S(=O)(=O)N1CCN(c2cc(-n3cccn3)ncn2)CC1. The second kappa shape index (κ2) is 7.89. The highest BCUT2D eigenvalue weighted by molar-refractivity contribution is 7.89. The van der Waals surface area contributed by atoms with Crippen LogP contribution >= 0.6 is 11.3 Å². The van der Waals surface area contributed by atoms with Crippen LogP contribution in [0, 0.1) is 0 Å². The Labute approximate surface area is 171 Å². The molecular weight excluding hydrogens is 416 g/mol. The average molecular weight is 435 g/mol. The van der Waals surface area contributed by atoms with Gasteiger partial charge in [0, 0.05) is 44.6 Å². The molecule has 0 radical (unpaired) electrons. The van der Waals surface area contributed by atoms with E-state index in [1.54, 1.807) is 28.5 Å². The van der Waals surface area contributed by atoms with Crippen molar-refractivity contribution in [3.63, 3.8) is 0 Å². The molecule has 29 heavy (non-hydrogen) atoms. The normalized spacial score (nSPS) is 15.4. The van der Waals surface area contributed by atoms with Gasteiger partial charge in [-0.3, -0.25) is 0 Å². The van der Waals surface area contributed by atoms with Gasteiger partial charge < -0.3 is 9.64 Å². The standard InChI is InChI=1S/C17H18N6O4S2/c1-27-17(24)16-13(3-10-28-16)29(25,26)22-8-6-21(7-9-22)14-11-15(19-12-18-14)23-5-2-4-20-23/h2-5,10-12H,6-9H2,1H3. The molecule has 0 aromatic carbocycles. The smallest absolute Gasteiger partial charge is 0.349 e. The van der Waals surface area contributed by atoms with Gasteiger partial charge in [-0.2, -0.15) is 9.40 Å². The number of carbonyl (C=O) groups is 1. The Morgan fingerprint density at radius 3 is 2.62 bits per heavy atom. The predicted octanol–water partition coefficient (Wildman–Crippen LogP) is 1.02. The molecule has 1 saturated heterocycles. The topological polar surface area (TPSA) is 111 Å². The molecule has 1 aliphatic heterocycles. The van der Waals surface area contributed by atoms with Gasteiger partial charge in [0.25, 0.3) is 0 Å². The van der Waals surface area contributed by atoms with Crippen LogP contribution in [0.25, 0.3) is 5.82 Å². The van der Waals surface area contributed by atoms with E-state index in [2.05, 4.69) is 15.1 Å². The first kappa shape index (κ1) is 19.5. The lowest BCUT2D eigenvalue weighted by molar-refractivity contribution is 0.0602. The minimum Gasteiger partial charge on any atom is -0.465 e. The third kappa shape index (κ3) is 3.73. The molecule has 0 saturated carbocycles. The molecule has 1 fully saturated rings. The van der Waals surface area contributed by atoms with E-state index < -0.39 is 16.0 Å². The van der Waals surface area contributed by atoms with Crippen LogP contribution < -0.4 is 4.90 Å². The van der Waals surface area contributed by atoms with Gasteiger partial charge in [0.2, 0.25) is 10.0 Å². The Kier molecular flexibility index (Phi) is 5.30. The van der Waals surface area contributed by atoms with Crippen molar-refractivity contribution >= 4 is 33.1 Å². The monoisotopic (exact) mass is 434 g/mol. The number of carbonyl (C=O) groups excluding carboxylic acids is 1. The summed E-state index contributed by atoms with van der Waals surface area (Å²) in [5, 5.41) is 5.74. The maximum atomic E-state index is 13.0. The third-order valence-electron chi connectivity index (χ3n) is 4.56. The highest BCUT2D eigenvalue weighted by Crippen LogP contribution is 2.27. The molecule has 0 unspecified atom stereocenters. The van der Waals surface area contributed by atoms with Crippen molar-refractivity contribution in [2.45, 2.75) is 4.90 Å². The van der Waals surface area contributed by atoms with Crippen molar-refractivity contribution in [2.24, 2.45) is 0 Å². The van der Waals surface area contributed by atoms with Crippen LogP contribution in [-0.2, 0) is 14.8 Å². The van der Waals surface area contributed by atoms with Crippen molar-refractivity contribution in [1.82, 2.24) is 24.1 Å². The molecule has 4 heterocycles. The van der Waals surface area contributed by atoms with E-state index in [4.69, 9.17) is 4.74 Å². The number of methoxy groups -OCH3 is 1. The number of esters is 1. The van der Waals surface area contributed by atoms with Crippen LogP contribution in [0.3, 0.4) is 0 Å². The van der Waals surface area contributed by atoms with Crippen molar-refractivity contribution in [1.29, 1.82) is 0 Å². The molecule has 0 amide bonds. The lowest BCUT2D eigenvalue weighted by atomic mass is 10.3. The Morgan fingerprint density at radius 2 is 1.93 bits per heavy atom. The maximum absolute atomic E-state index is 13.0. The number of piperazine rings is 1. The van der Waals surface area contributed by atoms with Crippen molar-refractivity contribution in [3.05, 3.63) is 47.2 Å². The van der Waals surface area contributed by atoms with E-state index in [1.807, 2.05) is 11.0 Å². The summed E-state index contributed by atoms with van der Waals surface area (Å²) in [4.78, 5) is 22.5. The summed E-state index contributed by atoms with van der Waals surface area (Å²) in [7, 11) is -2.55. The maximum Gasteiger partial charge on any atom is 0.349 e. The van der Waals surface area contributed by atoms with Gasteiger partial charge in [0.1, 0.15) is 21.9 Å². The second-order valence-electron chi connectivity index (χ2n) is 6.18. The van der Waals surface area contributed by atoms with E-state index in [0.29, 0.717) is 24.7 Å². The highest BCUT2D eigenvalue weighted by atomic mass is 32.2. The minimum atomic E-state index is -3.78. The van der Waals surface area contributed by atoms with E-state index in [9.17, 15) is 13.2 Å². The van der Waals surface area contributed by atoms with Crippen LogP contribution in [0.2, 0.25) is 0 Å². The Balaban J connectivity index is 1.49. The first-order valence-electron chi connectivity index (χ1n) is 8.73. The zero-order valence-corrected chi connectivity index (χ0v) is 17.1. The van der Waals surface area contributed by atoms with Gasteiger partial charge in [-0.05, 0) is 17.5 Å². The summed E-state index contributed by atoms with van der Waals surface area (Å²) >= 11 is 1.05. The fraction of sp³-hybridized carbons (Fsp3) is 0.294. The number of hydrogen-bond donors (Lipinski definition) is 0. The van der Waals surface area contributed by atoms with Crippen LogP contribution in [0.15, 0.2) is 47.2 Å². The van der Waals surface area contributed by atoms with Crippen LogP contribution in [-0.4, -0.2) is 71.7 Å². The number of aromatic nitrogens is 4. The quantitative estimate of drug-likeness (QED) is 0.548. The molecule has 10 nitrogen and oxygen atoms in total. The first-order chi connectivity index (χ1) is 14.0. The molecular formula is C17H18N6O4S2. The zero-order valence-electron chi connectivity index (χ0n) is 15.5. The lowest BCUT2D eigenvalue weighted by Gasteiger charge is -2.34. The van der Waals surface area contributed by atoms with Gasteiger partial charge in [0.15, 0.2) is 5.82 Å². The van der Waals surface area contributed by atoms with Gasteiger partial charge in [-0.25, -0.2) is 27.9 Å². The van der Waals surface area contributed by atoms with Crippen LogP contribution in [0.4, 0.5) is 5.82 Å². The summed E-state index contributed by atoms with van der Waals surface area (Å²) in [5.74, 6) is 0.689. The van der Waals surface area contributed by atoms with Crippen LogP contribution in [0.5, 0.6) is 0 Å². The van der Waals surface area contributed by atoms with Gasteiger partial charge in [0.05, 0.1) is 7.11 Å². The van der Waals surface area contributed by atoms with E-state index in [0.717, 1.165) is 11.3 Å². The van der Waals surface area contributed by atoms with E-state index >= 15 is 0 Å². The number of nitrogens with zero attached hydrogens (tertiary/aromatic N) is 6. The van der Waals surface area contributed by atoms with Crippen molar-refractivity contribution in [2.75, 3.05) is 38.2 Å². The van der Waals surface area contributed by atoms with Crippen molar-refractivity contribution in [3.8, 4) is 5.82 Å². The van der Waals surface area contributed by atoms with Gasteiger partial charge in [-0.15, -0.1) is 11.3 Å². The molecule has 0 aliphatic carbocycles. The number of ether oxygens (including phenoxy) is 1. The summed E-state index contributed by atoms with van der Waals surface area (Å²) in [6.07, 6.45) is 4.91. The number of anilines is 1. The fourth-order valence-corrected chi connectivity index (χ4v) is 5.81. The van der Waals surface area contributed by atoms with Gasteiger partial charge in [-0.1, -0.05) is 0 Å².